The van der Waals surface area contributed by atoms with Gasteiger partial charge in [0.05, 0.1) is 6.61 Å². The first-order valence-electron chi connectivity index (χ1n) is 3.44. The lowest BCUT2D eigenvalue weighted by Crippen LogP contribution is -2.00. The summed E-state index contributed by atoms with van der Waals surface area (Å²) < 4.78 is 15.6. The van der Waals surface area contributed by atoms with E-state index in [1.165, 1.54) is 0 Å². The molecule has 0 aromatic carbocycles. The molecule has 0 saturated heterocycles. The van der Waals surface area contributed by atoms with Gasteiger partial charge in [-0.15, -0.1) is 12.4 Å². The Morgan fingerprint density at radius 3 is 2.27 bits per heavy atom. The minimum Gasteiger partial charge on any atom is -0.324 e. The van der Waals surface area contributed by atoms with E-state index in [4.69, 9.17) is 9.42 Å². The first-order valence-corrected chi connectivity index (χ1v) is 5.20. The summed E-state index contributed by atoms with van der Waals surface area (Å²) in [6.45, 7) is 5.88. The van der Waals surface area contributed by atoms with Crippen molar-refractivity contribution in [1.29, 1.82) is 0 Å². The van der Waals surface area contributed by atoms with Gasteiger partial charge in [-0.3, -0.25) is 4.57 Å². The van der Waals surface area contributed by atoms with E-state index < -0.39 is 7.60 Å². The minimum atomic E-state index is -3.23. The molecule has 0 radical (unpaired) electrons. The van der Waals surface area contributed by atoms with Crippen molar-refractivity contribution in [3.63, 3.8) is 0 Å². The molecule has 1 atom stereocenters. The Hall–Kier alpha value is 0.440. The van der Waals surface area contributed by atoms with Gasteiger partial charge < -0.3 is 9.42 Å². The zero-order chi connectivity index (χ0) is 8.20. The van der Waals surface area contributed by atoms with Gasteiger partial charge in [0, 0.05) is 6.16 Å². The number of hydrogen-bond donors (Lipinski definition) is 1. The van der Waals surface area contributed by atoms with Crippen LogP contribution in [-0.4, -0.2) is 17.7 Å². The molecule has 0 amide bonds. The fourth-order valence-electron chi connectivity index (χ4n) is 0.357. The summed E-state index contributed by atoms with van der Waals surface area (Å²) in [5, 5.41) is 0. The second-order valence-corrected chi connectivity index (χ2v) is 4.81. The maximum atomic E-state index is 10.8. The summed E-state index contributed by atoms with van der Waals surface area (Å²) in [4.78, 5) is 8.91. The molecule has 1 unspecified atom stereocenters. The Bertz CT molecular complexity index is 138. The van der Waals surface area contributed by atoms with Gasteiger partial charge in [-0.05, 0) is 5.92 Å². The Morgan fingerprint density at radius 2 is 2.00 bits per heavy atom. The monoisotopic (exact) mass is 202 g/mol. The highest BCUT2D eigenvalue weighted by molar-refractivity contribution is 7.52. The molecule has 0 aromatic rings. The van der Waals surface area contributed by atoms with Crippen molar-refractivity contribution in [2.45, 2.75) is 20.8 Å². The normalized spacial score (nSPS) is 15.7. The molecule has 1 N–H and O–H groups in total. The lowest BCUT2D eigenvalue weighted by Gasteiger charge is -2.10. The average molecular weight is 203 g/mol. The largest absolute Gasteiger partial charge is 0.327 e. The van der Waals surface area contributed by atoms with Crippen molar-refractivity contribution in [2.75, 3.05) is 12.8 Å². The topological polar surface area (TPSA) is 46.5 Å². The Labute approximate surface area is 74.1 Å². The molecular formula is C6H16ClO3P. The second kappa shape index (κ2) is 6.01. The van der Waals surface area contributed by atoms with Crippen LogP contribution in [0, 0.1) is 5.92 Å². The molecule has 0 fully saturated rings. The van der Waals surface area contributed by atoms with Crippen LogP contribution in [0.3, 0.4) is 0 Å². The van der Waals surface area contributed by atoms with Crippen LogP contribution in [0.5, 0.6) is 0 Å². The molecule has 70 valence electrons. The van der Waals surface area contributed by atoms with Crippen molar-refractivity contribution >= 4 is 20.0 Å². The van der Waals surface area contributed by atoms with Gasteiger partial charge in [0.2, 0.25) is 0 Å². The summed E-state index contributed by atoms with van der Waals surface area (Å²) in [5.74, 6) is 0.312. The van der Waals surface area contributed by atoms with Crippen LogP contribution >= 0.6 is 20.0 Å². The van der Waals surface area contributed by atoms with E-state index in [1.807, 2.05) is 13.8 Å². The van der Waals surface area contributed by atoms with E-state index in [2.05, 4.69) is 0 Å². The van der Waals surface area contributed by atoms with Crippen LogP contribution in [0.2, 0.25) is 0 Å². The molecule has 0 aromatic heterocycles. The third kappa shape index (κ3) is 8.35. The highest BCUT2D eigenvalue weighted by atomic mass is 35.5. The Morgan fingerprint density at radius 1 is 1.55 bits per heavy atom. The van der Waals surface area contributed by atoms with Crippen LogP contribution in [-0.2, 0) is 9.09 Å². The average Bonchev–Trinajstić information content (AvgIpc) is 1.85. The predicted molar refractivity (Wildman–Crippen MR) is 48.4 cm³/mol. The molecule has 0 bridgehead atoms. The fraction of sp³-hybridized carbons (Fsp3) is 1.00. The van der Waals surface area contributed by atoms with Crippen molar-refractivity contribution in [2.24, 2.45) is 5.92 Å². The first kappa shape index (κ1) is 14.0. The van der Waals surface area contributed by atoms with Gasteiger partial charge in [0.25, 0.3) is 0 Å². The Balaban J connectivity index is 0. The molecule has 0 rings (SSSR count). The van der Waals surface area contributed by atoms with E-state index in [-0.39, 0.29) is 18.6 Å². The summed E-state index contributed by atoms with van der Waals surface area (Å²) in [7, 11) is -3.23. The molecule has 0 saturated carbocycles. The third-order valence-electron chi connectivity index (χ3n) is 1.01. The standard InChI is InChI=1S/C6H15O3P.ClH/c1-4-10(7,8)9-5-6(2)3;/h6H,4-5H2,1-3H3,(H,7,8);1H. The molecule has 0 aliphatic carbocycles. The van der Waals surface area contributed by atoms with Gasteiger partial charge in [-0.1, -0.05) is 20.8 Å². The first-order chi connectivity index (χ1) is 4.48. The quantitative estimate of drug-likeness (QED) is 0.712. The van der Waals surface area contributed by atoms with Gasteiger partial charge >= 0.3 is 7.60 Å². The lowest BCUT2D eigenvalue weighted by atomic mass is 10.2. The SMILES string of the molecule is CCP(=O)(O)OCC(C)C.Cl. The molecule has 11 heavy (non-hydrogen) atoms. The van der Waals surface area contributed by atoms with Crippen molar-refractivity contribution in [3.05, 3.63) is 0 Å². The van der Waals surface area contributed by atoms with E-state index in [9.17, 15) is 4.57 Å². The summed E-state index contributed by atoms with van der Waals surface area (Å²) in [6.07, 6.45) is 0.194. The molecule has 5 heteroatoms. The summed E-state index contributed by atoms with van der Waals surface area (Å²) >= 11 is 0. The van der Waals surface area contributed by atoms with Crippen molar-refractivity contribution in [3.8, 4) is 0 Å². The van der Waals surface area contributed by atoms with E-state index in [0.29, 0.717) is 12.5 Å². The van der Waals surface area contributed by atoms with Crippen LogP contribution in [0.15, 0.2) is 0 Å². The van der Waals surface area contributed by atoms with Crippen molar-refractivity contribution in [1.82, 2.24) is 0 Å². The van der Waals surface area contributed by atoms with Crippen LogP contribution in [0.25, 0.3) is 0 Å². The molecule has 0 aliphatic rings. The molecule has 0 aliphatic heterocycles. The molecule has 3 nitrogen and oxygen atoms in total. The molecule has 0 spiro atoms. The second-order valence-electron chi connectivity index (χ2n) is 2.64. The number of rotatable bonds is 4. The smallest absolute Gasteiger partial charge is 0.324 e. The van der Waals surface area contributed by atoms with Crippen LogP contribution < -0.4 is 0 Å². The number of halogens is 1. The van der Waals surface area contributed by atoms with E-state index >= 15 is 0 Å². The molecular weight excluding hydrogens is 186 g/mol. The zero-order valence-corrected chi connectivity index (χ0v) is 8.82. The lowest BCUT2D eigenvalue weighted by molar-refractivity contribution is 0.230. The maximum absolute atomic E-state index is 10.8. The minimum absolute atomic E-state index is 0. The fourth-order valence-corrected chi connectivity index (χ4v) is 1.07. The maximum Gasteiger partial charge on any atom is 0.327 e. The predicted octanol–water partition coefficient (Wildman–Crippen LogP) is 2.29. The highest BCUT2D eigenvalue weighted by Crippen LogP contribution is 2.41. The van der Waals surface area contributed by atoms with E-state index in [1.54, 1.807) is 6.92 Å². The zero-order valence-electron chi connectivity index (χ0n) is 7.11. The third-order valence-corrected chi connectivity index (χ3v) is 2.36. The van der Waals surface area contributed by atoms with E-state index in [0.717, 1.165) is 0 Å². The van der Waals surface area contributed by atoms with Gasteiger partial charge in [-0.2, -0.15) is 0 Å². The summed E-state index contributed by atoms with van der Waals surface area (Å²) in [5.41, 5.74) is 0. The van der Waals surface area contributed by atoms with Gasteiger partial charge in [-0.25, -0.2) is 0 Å². The highest BCUT2D eigenvalue weighted by Gasteiger charge is 2.15. The Kier molecular flexibility index (Phi) is 7.65. The van der Waals surface area contributed by atoms with Crippen LogP contribution in [0.1, 0.15) is 20.8 Å². The summed E-state index contributed by atoms with van der Waals surface area (Å²) in [6, 6.07) is 0. The van der Waals surface area contributed by atoms with Crippen molar-refractivity contribution < 1.29 is 14.0 Å². The van der Waals surface area contributed by atoms with Crippen LogP contribution in [0.4, 0.5) is 0 Å². The number of hydrogen-bond acceptors (Lipinski definition) is 2. The van der Waals surface area contributed by atoms with Gasteiger partial charge in [0.15, 0.2) is 0 Å². The van der Waals surface area contributed by atoms with Gasteiger partial charge in [0.1, 0.15) is 0 Å². The molecule has 0 heterocycles.